The van der Waals surface area contributed by atoms with Gasteiger partial charge in [0.05, 0.1) is 25.2 Å². The number of carbonyl (C=O) groups excluding carboxylic acids is 1. The maximum Gasteiger partial charge on any atom is 0.251 e. The molecule has 0 bridgehead atoms. The van der Waals surface area contributed by atoms with Gasteiger partial charge in [0, 0.05) is 5.56 Å². The van der Waals surface area contributed by atoms with Crippen LogP contribution in [0.15, 0.2) is 66.7 Å². The van der Waals surface area contributed by atoms with Gasteiger partial charge < -0.3 is 10.1 Å². The molecule has 0 saturated carbocycles. The Hall–Kier alpha value is -3.67. The Balaban J connectivity index is 1.35. The van der Waals surface area contributed by atoms with Crippen molar-refractivity contribution in [3.8, 4) is 5.75 Å². The summed E-state index contributed by atoms with van der Waals surface area (Å²) >= 11 is 0. The van der Waals surface area contributed by atoms with E-state index in [1.165, 1.54) is 11.1 Å². The molecule has 1 atom stereocenters. The van der Waals surface area contributed by atoms with E-state index in [0.717, 1.165) is 36.1 Å². The number of amides is 1. The Morgan fingerprint density at radius 1 is 1.13 bits per heavy atom. The number of aryl methyl sites for hydroxylation is 1. The second-order valence-corrected chi connectivity index (χ2v) is 7.92. The predicted molar refractivity (Wildman–Crippen MR) is 119 cm³/mol. The molecule has 31 heavy (non-hydrogen) atoms. The number of methoxy groups -OCH3 is 1. The Labute approximate surface area is 180 Å². The minimum atomic E-state index is -0.0778. The molecule has 5 rings (SSSR count). The van der Waals surface area contributed by atoms with Crippen LogP contribution in [0, 0.1) is 0 Å². The molecule has 0 saturated heterocycles. The van der Waals surface area contributed by atoms with Crippen molar-refractivity contribution < 1.29 is 9.53 Å². The van der Waals surface area contributed by atoms with Crippen molar-refractivity contribution in [1.82, 2.24) is 20.3 Å². The Morgan fingerprint density at radius 3 is 2.94 bits per heavy atom. The summed E-state index contributed by atoms with van der Waals surface area (Å²) in [6.45, 7) is 0.581. The lowest BCUT2D eigenvalue weighted by atomic mass is 9.87. The van der Waals surface area contributed by atoms with Gasteiger partial charge in [-0.1, -0.05) is 41.6 Å². The number of fused-ring (bicyclic) bond motifs is 2. The predicted octanol–water partition coefficient (Wildman–Crippen LogP) is 4.30. The molecule has 1 amide bonds. The lowest BCUT2D eigenvalue weighted by Crippen LogP contribution is -2.30. The molecule has 156 valence electrons. The smallest absolute Gasteiger partial charge is 0.251 e. The normalized spacial score (nSPS) is 15.5. The molecule has 1 aliphatic rings. The Bertz CT molecular complexity index is 1250. The van der Waals surface area contributed by atoms with E-state index in [2.05, 4.69) is 33.8 Å². The van der Waals surface area contributed by atoms with Crippen molar-refractivity contribution in [2.24, 2.45) is 0 Å². The molecule has 6 nitrogen and oxygen atoms in total. The summed E-state index contributed by atoms with van der Waals surface area (Å²) in [7, 11) is 1.66. The number of rotatable bonds is 5. The number of nitrogens with zero attached hydrogens (tertiary/aromatic N) is 3. The zero-order valence-electron chi connectivity index (χ0n) is 17.4. The number of nitrogens with one attached hydrogen (secondary N) is 1. The molecule has 0 spiro atoms. The lowest BCUT2D eigenvalue weighted by Gasteiger charge is -2.26. The van der Waals surface area contributed by atoms with Crippen LogP contribution < -0.4 is 10.1 Å². The highest BCUT2D eigenvalue weighted by Gasteiger charge is 2.22. The third-order valence-electron chi connectivity index (χ3n) is 5.92. The summed E-state index contributed by atoms with van der Waals surface area (Å²) in [5.74, 6) is 0.733. The zero-order valence-corrected chi connectivity index (χ0v) is 17.4. The second kappa shape index (κ2) is 8.22. The largest absolute Gasteiger partial charge is 0.497 e. The quantitative estimate of drug-likeness (QED) is 0.531. The van der Waals surface area contributed by atoms with Crippen LogP contribution in [0.5, 0.6) is 5.75 Å². The summed E-state index contributed by atoms with van der Waals surface area (Å²) < 4.78 is 7.13. The van der Waals surface area contributed by atoms with E-state index < -0.39 is 0 Å². The minimum absolute atomic E-state index is 0.0527. The van der Waals surface area contributed by atoms with Gasteiger partial charge in [-0.05, 0) is 66.3 Å². The van der Waals surface area contributed by atoms with E-state index in [0.29, 0.717) is 17.6 Å². The number of benzene rings is 3. The Morgan fingerprint density at radius 2 is 2.03 bits per heavy atom. The summed E-state index contributed by atoms with van der Waals surface area (Å²) in [5.41, 5.74) is 5.83. The summed E-state index contributed by atoms with van der Waals surface area (Å²) in [6, 6.07) is 21.9. The molecule has 3 aromatic carbocycles. The van der Waals surface area contributed by atoms with Gasteiger partial charge in [0.2, 0.25) is 0 Å². The average Bonchev–Trinajstić information content (AvgIpc) is 3.21. The molecule has 0 radical (unpaired) electrons. The van der Waals surface area contributed by atoms with Crippen molar-refractivity contribution in [3.63, 3.8) is 0 Å². The van der Waals surface area contributed by atoms with Crippen molar-refractivity contribution in [2.75, 3.05) is 7.11 Å². The highest BCUT2D eigenvalue weighted by molar-refractivity contribution is 5.97. The molecule has 1 unspecified atom stereocenters. The molecule has 4 aromatic rings. The van der Waals surface area contributed by atoms with Crippen LogP contribution in [0.4, 0.5) is 0 Å². The van der Waals surface area contributed by atoms with Gasteiger partial charge in [-0.15, -0.1) is 5.10 Å². The van der Waals surface area contributed by atoms with Crippen LogP contribution in [0.2, 0.25) is 0 Å². The minimum Gasteiger partial charge on any atom is -0.497 e. The van der Waals surface area contributed by atoms with E-state index >= 15 is 0 Å². The van der Waals surface area contributed by atoms with Crippen molar-refractivity contribution >= 4 is 16.9 Å². The summed E-state index contributed by atoms with van der Waals surface area (Å²) in [4.78, 5) is 13.0. The zero-order chi connectivity index (χ0) is 21.2. The van der Waals surface area contributed by atoms with E-state index in [1.807, 2.05) is 53.2 Å². The maximum atomic E-state index is 13.0. The van der Waals surface area contributed by atoms with Crippen LogP contribution in [0.1, 0.15) is 45.9 Å². The number of hydrogen-bond acceptors (Lipinski definition) is 4. The Kier molecular flexibility index (Phi) is 5.12. The third kappa shape index (κ3) is 3.89. The number of hydrogen-bond donors (Lipinski definition) is 1. The SMILES string of the molecule is COc1cccc(Cn2nnc3cc(C(=O)NC4CCCc5ccccc54)ccc32)c1. The monoisotopic (exact) mass is 412 g/mol. The van der Waals surface area contributed by atoms with Crippen molar-refractivity contribution in [1.29, 1.82) is 0 Å². The van der Waals surface area contributed by atoms with E-state index in [9.17, 15) is 4.79 Å². The van der Waals surface area contributed by atoms with E-state index in [4.69, 9.17) is 4.74 Å². The third-order valence-corrected chi connectivity index (χ3v) is 5.92. The molecule has 1 aliphatic carbocycles. The fourth-order valence-electron chi connectivity index (χ4n) is 4.32. The van der Waals surface area contributed by atoms with Crippen LogP contribution >= 0.6 is 0 Å². The van der Waals surface area contributed by atoms with E-state index in [1.54, 1.807) is 7.11 Å². The number of carbonyl (C=O) groups is 1. The van der Waals surface area contributed by atoms with Gasteiger partial charge in [-0.25, -0.2) is 4.68 Å². The van der Waals surface area contributed by atoms with Gasteiger partial charge >= 0.3 is 0 Å². The first-order valence-corrected chi connectivity index (χ1v) is 10.6. The van der Waals surface area contributed by atoms with Crippen molar-refractivity contribution in [2.45, 2.75) is 31.8 Å². The first-order valence-electron chi connectivity index (χ1n) is 10.6. The van der Waals surface area contributed by atoms with Crippen LogP contribution in [0.25, 0.3) is 11.0 Å². The first kappa shape index (κ1) is 19.3. The molecular weight excluding hydrogens is 388 g/mol. The molecule has 1 heterocycles. The average molecular weight is 412 g/mol. The highest BCUT2D eigenvalue weighted by atomic mass is 16.5. The van der Waals surface area contributed by atoms with Gasteiger partial charge in [0.1, 0.15) is 11.3 Å². The molecule has 0 aliphatic heterocycles. The topological polar surface area (TPSA) is 69.0 Å². The fraction of sp³-hybridized carbons (Fsp3) is 0.240. The van der Waals surface area contributed by atoms with Crippen molar-refractivity contribution in [3.05, 3.63) is 89.0 Å². The molecule has 6 heteroatoms. The lowest BCUT2D eigenvalue weighted by molar-refractivity contribution is 0.0933. The summed E-state index contributed by atoms with van der Waals surface area (Å²) in [5, 5.41) is 11.8. The second-order valence-electron chi connectivity index (χ2n) is 7.92. The first-order chi connectivity index (χ1) is 15.2. The maximum absolute atomic E-state index is 13.0. The van der Waals surface area contributed by atoms with Gasteiger partial charge in [0.25, 0.3) is 5.91 Å². The van der Waals surface area contributed by atoms with Gasteiger partial charge in [-0.2, -0.15) is 0 Å². The molecule has 1 aromatic heterocycles. The summed E-state index contributed by atoms with van der Waals surface area (Å²) in [6.07, 6.45) is 3.12. The van der Waals surface area contributed by atoms with E-state index in [-0.39, 0.29) is 11.9 Å². The molecule has 1 N–H and O–H groups in total. The highest BCUT2D eigenvalue weighted by Crippen LogP contribution is 2.29. The number of aromatic nitrogens is 3. The number of ether oxygens (including phenoxy) is 1. The van der Waals surface area contributed by atoms with Crippen LogP contribution in [-0.2, 0) is 13.0 Å². The van der Waals surface area contributed by atoms with Gasteiger partial charge in [0.15, 0.2) is 0 Å². The molecule has 0 fully saturated rings. The van der Waals surface area contributed by atoms with Gasteiger partial charge in [-0.3, -0.25) is 4.79 Å². The van der Waals surface area contributed by atoms with Crippen LogP contribution in [0.3, 0.4) is 0 Å². The fourth-order valence-corrected chi connectivity index (χ4v) is 4.32. The standard InChI is InChI=1S/C25H24N4O2/c1-31-20-9-4-6-17(14-20)16-29-24-13-12-19(15-23(24)27-28-29)25(30)26-22-11-5-8-18-7-2-3-10-21(18)22/h2-4,6-7,9-10,12-15,22H,5,8,11,16H2,1H3,(H,26,30). The van der Waals surface area contributed by atoms with Crippen LogP contribution in [-0.4, -0.2) is 28.0 Å². The molecular formula is C25H24N4O2.